The van der Waals surface area contributed by atoms with E-state index in [0.717, 1.165) is 5.03 Å². The van der Waals surface area contributed by atoms with E-state index in [4.69, 9.17) is 0 Å². The topological polar surface area (TPSA) is 30.0 Å². The van der Waals surface area contributed by atoms with Crippen LogP contribution >= 0.6 is 11.8 Å². The number of aromatic nitrogens is 1. The molecular weight excluding hydrogens is 182 g/mol. The molecule has 1 aromatic rings. The molecule has 1 aromatic heterocycles. The molecule has 0 aliphatic heterocycles. The maximum atomic E-state index is 11.5. The van der Waals surface area contributed by atoms with Crippen molar-refractivity contribution >= 4 is 17.5 Å². The number of thioether (sulfide) groups is 1. The summed E-state index contributed by atoms with van der Waals surface area (Å²) >= 11 is 1.55. The van der Waals surface area contributed by atoms with Gasteiger partial charge < -0.3 is 0 Å². The highest BCUT2D eigenvalue weighted by atomic mass is 32.2. The van der Waals surface area contributed by atoms with Gasteiger partial charge in [0, 0.05) is 5.92 Å². The fourth-order valence-corrected chi connectivity index (χ4v) is 1.37. The van der Waals surface area contributed by atoms with Gasteiger partial charge in [0.15, 0.2) is 5.78 Å². The quantitative estimate of drug-likeness (QED) is 0.548. The van der Waals surface area contributed by atoms with E-state index in [2.05, 4.69) is 4.98 Å². The molecule has 1 rings (SSSR count). The summed E-state index contributed by atoms with van der Waals surface area (Å²) in [7, 11) is 0. The third kappa shape index (κ3) is 2.56. The summed E-state index contributed by atoms with van der Waals surface area (Å²) in [6, 6.07) is 5.54. The van der Waals surface area contributed by atoms with Gasteiger partial charge in [0.25, 0.3) is 0 Å². The van der Waals surface area contributed by atoms with Gasteiger partial charge in [-0.15, -0.1) is 11.8 Å². The van der Waals surface area contributed by atoms with Gasteiger partial charge in [0.1, 0.15) is 5.69 Å². The number of ketones is 1. The predicted octanol–water partition coefficient (Wildman–Crippen LogP) is 2.64. The first-order valence-electron chi connectivity index (χ1n) is 4.20. The molecule has 3 heteroatoms. The molecule has 13 heavy (non-hydrogen) atoms. The average molecular weight is 195 g/mol. The molecular formula is C10H13NOS. The first kappa shape index (κ1) is 10.3. The largest absolute Gasteiger partial charge is 0.292 e. The Kier molecular flexibility index (Phi) is 3.48. The summed E-state index contributed by atoms with van der Waals surface area (Å²) in [5.74, 6) is 0.125. The average Bonchev–Trinajstić information content (AvgIpc) is 2.16. The van der Waals surface area contributed by atoms with Crippen LogP contribution in [-0.2, 0) is 0 Å². The lowest BCUT2D eigenvalue weighted by Gasteiger charge is -2.03. The van der Waals surface area contributed by atoms with Gasteiger partial charge in [-0.3, -0.25) is 4.79 Å². The van der Waals surface area contributed by atoms with Crippen LogP contribution in [0.3, 0.4) is 0 Å². The lowest BCUT2D eigenvalue weighted by molar-refractivity contribution is 0.0933. The highest BCUT2D eigenvalue weighted by Gasteiger charge is 2.11. The van der Waals surface area contributed by atoms with Crippen LogP contribution < -0.4 is 0 Å². The van der Waals surface area contributed by atoms with Gasteiger partial charge in [-0.1, -0.05) is 19.9 Å². The van der Waals surface area contributed by atoms with E-state index >= 15 is 0 Å². The van der Waals surface area contributed by atoms with Crippen molar-refractivity contribution in [2.45, 2.75) is 18.9 Å². The Bertz CT molecular complexity index is 310. The van der Waals surface area contributed by atoms with Crippen LogP contribution in [0.5, 0.6) is 0 Å². The highest BCUT2D eigenvalue weighted by Crippen LogP contribution is 2.13. The van der Waals surface area contributed by atoms with Crippen molar-refractivity contribution < 1.29 is 4.79 Å². The monoisotopic (exact) mass is 195 g/mol. The van der Waals surface area contributed by atoms with E-state index in [1.165, 1.54) is 0 Å². The van der Waals surface area contributed by atoms with E-state index < -0.39 is 0 Å². The van der Waals surface area contributed by atoms with Gasteiger partial charge >= 0.3 is 0 Å². The zero-order chi connectivity index (χ0) is 9.84. The molecule has 0 saturated carbocycles. The van der Waals surface area contributed by atoms with Gasteiger partial charge in [0.2, 0.25) is 0 Å². The van der Waals surface area contributed by atoms with Crippen molar-refractivity contribution in [2.24, 2.45) is 5.92 Å². The van der Waals surface area contributed by atoms with Crippen molar-refractivity contribution in [1.29, 1.82) is 0 Å². The molecule has 70 valence electrons. The summed E-state index contributed by atoms with van der Waals surface area (Å²) in [6.07, 6.45) is 1.95. The smallest absolute Gasteiger partial charge is 0.183 e. The van der Waals surface area contributed by atoms with Gasteiger partial charge in [-0.05, 0) is 18.4 Å². The van der Waals surface area contributed by atoms with Crippen LogP contribution in [0.15, 0.2) is 23.2 Å². The lowest BCUT2D eigenvalue weighted by atomic mass is 10.1. The number of hydrogen-bond acceptors (Lipinski definition) is 3. The van der Waals surface area contributed by atoms with E-state index in [-0.39, 0.29) is 11.7 Å². The molecule has 1 heterocycles. The number of carbonyl (C=O) groups is 1. The minimum atomic E-state index is 0.0182. The maximum Gasteiger partial charge on any atom is 0.183 e. The first-order chi connectivity index (χ1) is 6.15. The standard InChI is InChI=1S/C10H13NOS/c1-7(2)10(12)8-5-4-6-9(11-8)13-3/h4-7H,1-3H3. The van der Waals surface area contributed by atoms with Crippen LogP contribution in [0.1, 0.15) is 24.3 Å². The molecule has 0 aliphatic rings. The molecule has 0 unspecified atom stereocenters. The number of pyridine rings is 1. The molecule has 0 aliphatic carbocycles. The minimum Gasteiger partial charge on any atom is -0.292 e. The van der Waals surface area contributed by atoms with Crippen molar-refractivity contribution in [3.8, 4) is 0 Å². The van der Waals surface area contributed by atoms with Crippen molar-refractivity contribution in [3.63, 3.8) is 0 Å². The van der Waals surface area contributed by atoms with Crippen molar-refractivity contribution in [3.05, 3.63) is 23.9 Å². The zero-order valence-electron chi connectivity index (χ0n) is 8.07. The van der Waals surface area contributed by atoms with Gasteiger partial charge in [-0.2, -0.15) is 0 Å². The Labute approximate surface area is 82.8 Å². The Morgan fingerprint density at radius 1 is 1.46 bits per heavy atom. The molecule has 0 spiro atoms. The predicted molar refractivity (Wildman–Crippen MR) is 55.2 cm³/mol. The maximum absolute atomic E-state index is 11.5. The summed E-state index contributed by atoms with van der Waals surface area (Å²) in [5.41, 5.74) is 0.571. The SMILES string of the molecule is CSc1cccc(C(=O)C(C)C)n1. The second-order valence-electron chi connectivity index (χ2n) is 3.08. The van der Waals surface area contributed by atoms with Gasteiger partial charge in [0.05, 0.1) is 5.03 Å². The summed E-state index contributed by atoms with van der Waals surface area (Å²) in [6.45, 7) is 3.77. The number of carbonyl (C=O) groups excluding carboxylic acids is 1. The summed E-state index contributed by atoms with van der Waals surface area (Å²) in [4.78, 5) is 15.8. The number of nitrogens with zero attached hydrogens (tertiary/aromatic N) is 1. The molecule has 2 nitrogen and oxygen atoms in total. The number of hydrogen-bond donors (Lipinski definition) is 0. The van der Waals surface area contributed by atoms with Crippen LogP contribution in [0.25, 0.3) is 0 Å². The van der Waals surface area contributed by atoms with Gasteiger partial charge in [-0.25, -0.2) is 4.98 Å². The number of Topliss-reactive ketones (excluding diaryl/α,β-unsaturated/α-hetero) is 1. The molecule has 0 saturated heterocycles. The van der Waals surface area contributed by atoms with Crippen LogP contribution in [0.2, 0.25) is 0 Å². The third-order valence-corrected chi connectivity index (χ3v) is 2.36. The van der Waals surface area contributed by atoms with E-state index in [1.807, 2.05) is 32.2 Å². The first-order valence-corrected chi connectivity index (χ1v) is 5.43. The molecule has 0 atom stereocenters. The number of rotatable bonds is 3. The molecule has 0 fully saturated rings. The zero-order valence-corrected chi connectivity index (χ0v) is 8.89. The second kappa shape index (κ2) is 4.42. The summed E-state index contributed by atoms with van der Waals surface area (Å²) in [5, 5.41) is 0.895. The summed E-state index contributed by atoms with van der Waals surface area (Å²) < 4.78 is 0. The Balaban J connectivity index is 2.95. The molecule has 0 amide bonds. The third-order valence-electron chi connectivity index (χ3n) is 1.71. The molecule has 0 N–H and O–H groups in total. The van der Waals surface area contributed by atoms with Crippen molar-refractivity contribution in [1.82, 2.24) is 4.98 Å². The fraction of sp³-hybridized carbons (Fsp3) is 0.400. The Hall–Kier alpha value is -0.830. The van der Waals surface area contributed by atoms with E-state index in [1.54, 1.807) is 17.8 Å². The van der Waals surface area contributed by atoms with E-state index in [9.17, 15) is 4.79 Å². The molecule has 0 aromatic carbocycles. The second-order valence-corrected chi connectivity index (χ2v) is 3.91. The highest BCUT2D eigenvalue weighted by molar-refractivity contribution is 7.98. The Morgan fingerprint density at radius 3 is 2.69 bits per heavy atom. The normalized spacial score (nSPS) is 10.5. The van der Waals surface area contributed by atoms with Crippen LogP contribution in [0, 0.1) is 5.92 Å². The van der Waals surface area contributed by atoms with E-state index in [0.29, 0.717) is 5.69 Å². The minimum absolute atomic E-state index is 0.0182. The fourth-order valence-electron chi connectivity index (χ4n) is 0.962. The van der Waals surface area contributed by atoms with Crippen LogP contribution in [-0.4, -0.2) is 17.0 Å². The Morgan fingerprint density at radius 2 is 2.15 bits per heavy atom. The lowest BCUT2D eigenvalue weighted by Crippen LogP contribution is -2.09. The molecule has 0 radical (unpaired) electrons. The molecule has 0 bridgehead atoms. The van der Waals surface area contributed by atoms with Crippen LogP contribution in [0.4, 0.5) is 0 Å². The van der Waals surface area contributed by atoms with Crippen molar-refractivity contribution in [2.75, 3.05) is 6.26 Å².